The van der Waals surface area contributed by atoms with Crippen molar-refractivity contribution in [1.82, 2.24) is 15.2 Å². The lowest BCUT2D eigenvalue weighted by Gasteiger charge is -2.20. The topological polar surface area (TPSA) is 65.2 Å². The Kier molecular flexibility index (Phi) is 5.47. The van der Waals surface area contributed by atoms with Gasteiger partial charge in [0.2, 0.25) is 5.91 Å². The summed E-state index contributed by atoms with van der Waals surface area (Å²) < 4.78 is 0. The van der Waals surface area contributed by atoms with E-state index in [1.807, 2.05) is 4.90 Å². The quantitative estimate of drug-likeness (QED) is 0.818. The number of hydrogen-bond donors (Lipinski definition) is 2. The van der Waals surface area contributed by atoms with E-state index in [0.717, 1.165) is 32.2 Å². The van der Waals surface area contributed by atoms with Crippen molar-refractivity contribution in [2.45, 2.75) is 32.1 Å². The van der Waals surface area contributed by atoms with Crippen LogP contribution in [0.3, 0.4) is 0 Å². The van der Waals surface area contributed by atoms with Gasteiger partial charge in [0.15, 0.2) is 0 Å². The Morgan fingerprint density at radius 2 is 2.25 bits per heavy atom. The van der Waals surface area contributed by atoms with Crippen LogP contribution in [-0.4, -0.2) is 41.3 Å². The maximum absolute atomic E-state index is 11.8. The zero-order valence-corrected chi connectivity index (χ0v) is 12.2. The van der Waals surface area contributed by atoms with Crippen LogP contribution in [0.15, 0.2) is 12.3 Å². The predicted octanol–water partition coefficient (Wildman–Crippen LogP) is 2.19. The molecular formula is C14H20ClN3O2. The molecule has 0 unspecified atom stereocenters. The van der Waals surface area contributed by atoms with Crippen molar-refractivity contribution < 1.29 is 9.59 Å². The summed E-state index contributed by atoms with van der Waals surface area (Å²) >= 11 is 5.74. The molecule has 2 N–H and O–H groups in total. The number of amides is 2. The average molecular weight is 298 g/mol. The molecule has 0 aromatic carbocycles. The highest BCUT2D eigenvalue weighted by atomic mass is 35.5. The SMILES string of the molecule is O=C(NCCCN1CCCCCC1=O)c1cc(Cl)c[nH]1. The predicted molar refractivity (Wildman–Crippen MR) is 77.8 cm³/mol. The fourth-order valence-corrected chi connectivity index (χ4v) is 2.50. The summed E-state index contributed by atoms with van der Waals surface area (Å²) in [7, 11) is 0. The highest BCUT2D eigenvalue weighted by molar-refractivity contribution is 6.30. The van der Waals surface area contributed by atoms with Crippen LogP contribution in [0.5, 0.6) is 0 Å². The number of carbonyl (C=O) groups excluding carboxylic acids is 2. The van der Waals surface area contributed by atoms with E-state index < -0.39 is 0 Å². The first-order valence-corrected chi connectivity index (χ1v) is 7.44. The van der Waals surface area contributed by atoms with Crippen molar-refractivity contribution in [2.24, 2.45) is 0 Å². The summed E-state index contributed by atoms with van der Waals surface area (Å²) in [6.07, 6.45) is 6.22. The molecule has 2 amide bonds. The number of nitrogens with one attached hydrogen (secondary N) is 2. The number of aromatic nitrogens is 1. The van der Waals surface area contributed by atoms with E-state index in [1.165, 1.54) is 0 Å². The molecule has 0 radical (unpaired) electrons. The molecule has 1 aromatic rings. The molecule has 0 bridgehead atoms. The normalized spacial score (nSPS) is 16.1. The number of halogens is 1. The number of aromatic amines is 1. The molecule has 0 atom stereocenters. The second-order valence-electron chi connectivity index (χ2n) is 5.03. The number of carbonyl (C=O) groups is 2. The molecule has 1 aliphatic heterocycles. The molecule has 0 saturated carbocycles. The van der Waals surface area contributed by atoms with Gasteiger partial charge in [0.05, 0.1) is 5.02 Å². The van der Waals surface area contributed by atoms with Gasteiger partial charge in [-0.3, -0.25) is 9.59 Å². The number of rotatable bonds is 5. The van der Waals surface area contributed by atoms with E-state index in [9.17, 15) is 9.59 Å². The summed E-state index contributed by atoms with van der Waals surface area (Å²) in [6.45, 7) is 2.11. The summed E-state index contributed by atoms with van der Waals surface area (Å²) in [5, 5.41) is 3.33. The van der Waals surface area contributed by atoms with Crippen LogP contribution < -0.4 is 5.32 Å². The van der Waals surface area contributed by atoms with E-state index in [1.54, 1.807) is 12.3 Å². The van der Waals surface area contributed by atoms with Gasteiger partial charge in [-0.05, 0) is 25.3 Å². The molecule has 20 heavy (non-hydrogen) atoms. The van der Waals surface area contributed by atoms with Gasteiger partial charge in [0, 0.05) is 32.3 Å². The molecule has 6 heteroatoms. The lowest BCUT2D eigenvalue weighted by molar-refractivity contribution is -0.130. The van der Waals surface area contributed by atoms with Crippen LogP contribution >= 0.6 is 11.6 Å². The van der Waals surface area contributed by atoms with Gasteiger partial charge < -0.3 is 15.2 Å². The van der Waals surface area contributed by atoms with Gasteiger partial charge in [0.25, 0.3) is 5.91 Å². The third-order valence-corrected chi connectivity index (χ3v) is 3.67. The van der Waals surface area contributed by atoms with E-state index in [-0.39, 0.29) is 11.8 Å². The fraction of sp³-hybridized carbons (Fsp3) is 0.571. The first-order chi connectivity index (χ1) is 9.66. The molecule has 1 saturated heterocycles. The zero-order valence-electron chi connectivity index (χ0n) is 11.5. The van der Waals surface area contributed by atoms with Crippen LogP contribution in [0.2, 0.25) is 5.02 Å². The average Bonchev–Trinajstić information content (AvgIpc) is 2.76. The van der Waals surface area contributed by atoms with Gasteiger partial charge >= 0.3 is 0 Å². The Morgan fingerprint density at radius 1 is 1.40 bits per heavy atom. The molecule has 0 spiro atoms. The second kappa shape index (κ2) is 7.33. The van der Waals surface area contributed by atoms with Crippen molar-refractivity contribution in [3.05, 3.63) is 23.0 Å². The minimum atomic E-state index is -0.168. The zero-order chi connectivity index (χ0) is 14.4. The van der Waals surface area contributed by atoms with Crippen molar-refractivity contribution in [2.75, 3.05) is 19.6 Å². The summed E-state index contributed by atoms with van der Waals surface area (Å²) in [5.74, 6) is 0.0732. The van der Waals surface area contributed by atoms with Gasteiger partial charge in [-0.1, -0.05) is 18.0 Å². The highest BCUT2D eigenvalue weighted by Gasteiger charge is 2.15. The number of nitrogens with zero attached hydrogens (tertiary/aromatic N) is 1. The molecule has 1 aromatic heterocycles. The molecule has 1 aliphatic rings. The summed E-state index contributed by atoms with van der Waals surface area (Å²) in [6, 6.07) is 1.59. The third kappa shape index (κ3) is 4.27. The Balaban J connectivity index is 1.68. The first-order valence-electron chi connectivity index (χ1n) is 7.07. The largest absolute Gasteiger partial charge is 0.356 e. The Hall–Kier alpha value is -1.49. The van der Waals surface area contributed by atoms with Crippen LogP contribution in [-0.2, 0) is 4.79 Å². The minimum Gasteiger partial charge on any atom is -0.356 e. The standard InChI is InChI=1S/C14H20ClN3O2/c15-11-9-12(17-10-11)14(20)16-6-4-8-18-7-3-1-2-5-13(18)19/h9-10,17H,1-8H2,(H,16,20). The molecule has 0 aliphatic carbocycles. The maximum atomic E-state index is 11.8. The lowest BCUT2D eigenvalue weighted by atomic mass is 10.2. The Bertz CT molecular complexity index is 473. The van der Waals surface area contributed by atoms with E-state index in [4.69, 9.17) is 11.6 Å². The monoisotopic (exact) mass is 297 g/mol. The van der Waals surface area contributed by atoms with E-state index in [0.29, 0.717) is 30.2 Å². The second-order valence-corrected chi connectivity index (χ2v) is 5.47. The first kappa shape index (κ1) is 14.9. The smallest absolute Gasteiger partial charge is 0.267 e. The lowest BCUT2D eigenvalue weighted by Crippen LogP contribution is -2.34. The molecular weight excluding hydrogens is 278 g/mol. The van der Waals surface area contributed by atoms with Gasteiger partial charge in [-0.25, -0.2) is 0 Å². The van der Waals surface area contributed by atoms with Crippen molar-refractivity contribution >= 4 is 23.4 Å². The van der Waals surface area contributed by atoms with Crippen LogP contribution in [0, 0.1) is 0 Å². The minimum absolute atomic E-state index is 0.168. The van der Waals surface area contributed by atoms with E-state index >= 15 is 0 Å². The van der Waals surface area contributed by atoms with Gasteiger partial charge in [0.1, 0.15) is 5.69 Å². The molecule has 2 heterocycles. The van der Waals surface area contributed by atoms with Crippen LogP contribution in [0.4, 0.5) is 0 Å². The molecule has 5 nitrogen and oxygen atoms in total. The van der Waals surface area contributed by atoms with Crippen LogP contribution in [0.25, 0.3) is 0 Å². The molecule has 110 valence electrons. The van der Waals surface area contributed by atoms with Crippen molar-refractivity contribution in [3.63, 3.8) is 0 Å². The number of likely N-dealkylation sites (tertiary alicyclic amines) is 1. The number of hydrogen-bond acceptors (Lipinski definition) is 2. The Morgan fingerprint density at radius 3 is 3.00 bits per heavy atom. The number of H-pyrrole nitrogens is 1. The summed E-state index contributed by atoms with van der Waals surface area (Å²) in [5.41, 5.74) is 0.459. The van der Waals surface area contributed by atoms with Crippen LogP contribution in [0.1, 0.15) is 42.6 Å². The van der Waals surface area contributed by atoms with Gasteiger partial charge in [-0.2, -0.15) is 0 Å². The van der Waals surface area contributed by atoms with Crippen molar-refractivity contribution in [1.29, 1.82) is 0 Å². The highest BCUT2D eigenvalue weighted by Crippen LogP contribution is 2.11. The van der Waals surface area contributed by atoms with Crippen molar-refractivity contribution in [3.8, 4) is 0 Å². The molecule has 1 fully saturated rings. The summed E-state index contributed by atoms with van der Waals surface area (Å²) in [4.78, 5) is 28.2. The van der Waals surface area contributed by atoms with E-state index in [2.05, 4.69) is 10.3 Å². The maximum Gasteiger partial charge on any atom is 0.267 e. The van der Waals surface area contributed by atoms with Gasteiger partial charge in [-0.15, -0.1) is 0 Å². The fourth-order valence-electron chi connectivity index (χ4n) is 2.34. The Labute approximate surface area is 123 Å². The third-order valence-electron chi connectivity index (χ3n) is 3.45. The molecule has 2 rings (SSSR count).